The molecule has 0 amide bonds. The molecule has 0 spiro atoms. The van der Waals surface area contributed by atoms with Crippen LogP contribution in [0.15, 0.2) is 18.2 Å². The zero-order chi connectivity index (χ0) is 13.2. The summed E-state index contributed by atoms with van der Waals surface area (Å²) < 4.78 is 37.8. The van der Waals surface area contributed by atoms with Crippen LogP contribution >= 0.6 is 11.6 Å². The topological polar surface area (TPSA) is 24.1 Å². The lowest BCUT2D eigenvalue weighted by Gasteiger charge is -2.25. The van der Waals surface area contributed by atoms with Crippen molar-refractivity contribution in [1.82, 2.24) is 5.32 Å². The van der Waals surface area contributed by atoms with Gasteiger partial charge in [0, 0.05) is 12.6 Å². The Morgan fingerprint density at radius 2 is 2.11 bits per heavy atom. The van der Waals surface area contributed by atoms with E-state index in [1.807, 2.05) is 0 Å². The Balaban J connectivity index is 2.15. The first-order chi connectivity index (χ1) is 8.47. The Bertz CT molecular complexity index is 414. The van der Waals surface area contributed by atoms with E-state index in [2.05, 4.69) is 10.6 Å². The predicted octanol–water partition coefficient (Wildman–Crippen LogP) is 3.52. The standard InChI is InChI=1S/C12H14ClF3N2/c13-10-4-3-8(12(14,15)16)6-11(10)18-9-2-1-5-17-7-9/h3-4,6,9,17-18H,1-2,5,7H2. The summed E-state index contributed by atoms with van der Waals surface area (Å²) in [5.74, 6) is 0. The zero-order valence-corrected chi connectivity index (χ0v) is 10.4. The van der Waals surface area contributed by atoms with E-state index in [0.29, 0.717) is 10.7 Å². The molecule has 0 aliphatic carbocycles. The van der Waals surface area contributed by atoms with E-state index in [-0.39, 0.29) is 6.04 Å². The molecule has 0 aromatic heterocycles. The van der Waals surface area contributed by atoms with Gasteiger partial charge in [-0.2, -0.15) is 13.2 Å². The Labute approximate surface area is 109 Å². The minimum Gasteiger partial charge on any atom is -0.380 e. The molecule has 2 N–H and O–H groups in total. The van der Waals surface area contributed by atoms with Gasteiger partial charge in [-0.25, -0.2) is 0 Å². The number of hydrogen-bond donors (Lipinski definition) is 2. The van der Waals surface area contributed by atoms with E-state index >= 15 is 0 Å². The Kier molecular flexibility index (Phi) is 4.02. The van der Waals surface area contributed by atoms with Gasteiger partial charge >= 0.3 is 6.18 Å². The van der Waals surface area contributed by atoms with Crippen LogP contribution in [-0.2, 0) is 6.18 Å². The number of nitrogens with one attached hydrogen (secondary N) is 2. The summed E-state index contributed by atoms with van der Waals surface area (Å²) in [6.45, 7) is 1.70. The number of piperidine rings is 1. The SMILES string of the molecule is FC(F)(F)c1ccc(Cl)c(NC2CCCNC2)c1. The van der Waals surface area contributed by atoms with Crippen LogP contribution in [0.2, 0.25) is 5.02 Å². The molecule has 2 rings (SSSR count). The Morgan fingerprint density at radius 1 is 1.33 bits per heavy atom. The lowest BCUT2D eigenvalue weighted by atomic mass is 10.1. The summed E-state index contributed by atoms with van der Waals surface area (Å²) in [5.41, 5.74) is -0.335. The van der Waals surface area contributed by atoms with Crippen molar-refractivity contribution < 1.29 is 13.2 Å². The van der Waals surface area contributed by atoms with Gasteiger partial charge in [-0.3, -0.25) is 0 Å². The molecule has 1 aliphatic heterocycles. The van der Waals surface area contributed by atoms with E-state index in [9.17, 15) is 13.2 Å². The van der Waals surface area contributed by atoms with Crippen LogP contribution in [0, 0.1) is 0 Å². The lowest BCUT2D eigenvalue weighted by molar-refractivity contribution is -0.137. The van der Waals surface area contributed by atoms with Gasteiger partial charge in [-0.15, -0.1) is 0 Å². The molecule has 1 fully saturated rings. The molecular weight excluding hydrogens is 265 g/mol. The molecule has 2 nitrogen and oxygen atoms in total. The number of rotatable bonds is 2. The summed E-state index contributed by atoms with van der Waals surface area (Å²) in [6.07, 6.45) is -2.40. The van der Waals surface area contributed by atoms with Gasteiger partial charge in [0.25, 0.3) is 0 Å². The van der Waals surface area contributed by atoms with Crippen LogP contribution in [0.4, 0.5) is 18.9 Å². The second-order valence-corrected chi connectivity index (χ2v) is 4.79. The van der Waals surface area contributed by atoms with Gasteiger partial charge < -0.3 is 10.6 Å². The summed E-state index contributed by atoms with van der Waals surface area (Å²) in [4.78, 5) is 0. The van der Waals surface area contributed by atoms with Crippen molar-refractivity contribution in [2.75, 3.05) is 18.4 Å². The molecule has 1 atom stereocenters. The van der Waals surface area contributed by atoms with Crippen LogP contribution in [-0.4, -0.2) is 19.1 Å². The third-order valence-corrected chi connectivity index (χ3v) is 3.28. The number of alkyl halides is 3. The summed E-state index contributed by atoms with van der Waals surface area (Å²) in [5, 5.41) is 6.57. The maximum absolute atomic E-state index is 12.6. The van der Waals surface area contributed by atoms with Crippen LogP contribution in [0.5, 0.6) is 0 Å². The van der Waals surface area contributed by atoms with Gasteiger partial charge in [-0.1, -0.05) is 11.6 Å². The number of halogens is 4. The van der Waals surface area contributed by atoms with Crippen molar-refractivity contribution >= 4 is 17.3 Å². The Morgan fingerprint density at radius 3 is 2.72 bits per heavy atom. The van der Waals surface area contributed by atoms with Crippen LogP contribution in [0.25, 0.3) is 0 Å². The van der Waals surface area contributed by atoms with Crippen LogP contribution in [0.1, 0.15) is 18.4 Å². The summed E-state index contributed by atoms with van der Waals surface area (Å²) >= 11 is 5.92. The highest BCUT2D eigenvalue weighted by molar-refractivity contribution is 6.33. The van der Waals surface area contributed by atoms with Gasteiger partial charge in [0.1, 0.15) is 0 Å². The summed E-state index contributed by atoms with van der Waals surface area (Å²) in [6, 6.07) is 3.46. The molecule has 1 heterocycles. The molecule has 0 radical (unpaired) electrons. The molecule has 1 aromatic carbocycles. The molecule has 1 aromatic rings. The molecule has 0 bridgehead atoms. The summed E-state index contributed by atoms with van der Waals surface area (Å²) in [7, 11) is 0. The van der Waals surface area contributed by atoms with Crippen molar-refractivity contribution in [1.29, 1.82) is 0 Å². The van der Waals surface area contributed by atoms with Crippen LogP contribution in [0.3, 0.4) is 0 Å². The van der Waals surface area contributed by atoms with Crippen molar-refractivity contribution in [3.8, 4) is 0 Å². The van der Waals surface area contributed by atoms with Crippen molar-refractivity contribution in [3.05, 3.63) is 28.8 Å². The number of anilines is 1. The first kappa shape index (κ1) is 13.5. The molecule has 18 heavy (non-hydrogen) atoms. The smallest absolute Gasteiger partial charge is 0.380 e. The normalized spacial score (nSPS) is 20.8. The predicted molar refractivity (Wildman–Crippen MR) is 66.0 cm³/mol. The maximum Gasteiger partial charge on any atom is 0.416 e. The maximum atomic E-state index is 12.6. The fourth-order valence-corrected chi connectivity index (χ4v) is 2.18. The molecule has 6 heteroatoms. The van der Waals surface area contributed by atoms with E-state index in [1.54, 1.807) is 0 Å². The van der Waals surface area contributed by atoms with Crippen LogP contribution < -0.4 is 10.6 Å². The third kappa shape index (κ3) is 3.29. The second kappa shape index (κ2) is 5.36. The Hall–Kier alpha value is -0.940. The minimum atomic E-state index is -4.34. The average Bonchev–Trinajstić information content (AvgIpc) is 2.32. The van der Waals surface area contributed by atoms with E-state index in [1.165, 1.54) is 6.07 Å². The highest BCUT2D eigenvalue weighted by Crippen LogP contribution is 2.34. The fraction of sp³-hybridized carbons (Fsp3) is 0.500. The molecule has 100 valence electrons. The monoisotopic (exact) mass is 278 g/mol. The van der Waals surface area contributed by atoms with Gasteiger partial charge in [0.2, 0.25) is 0 Å². The fourth-order valence-electron chi connectivity index (χ4n) is 2.01. The average molecular weight is 279 g/mol. The quantitative estimate of drug-likeness (QED) is 0.865. The number of hydrogen-bond acceptors (Lipinski definition) is 2. The first-order valence-corrected chi connectivity index (χ1v) is 6.18. The van der Waals surface area contributed by atoms with E-state index < -0.39 is 11.7 Å². The molecule has 1 saturated heterocycles. The second-order valence-electron chi connectivity index (χ2n) is 4.38. The van der Waals surface area contributed by atoms with Gasteiger partial charge in [0.15, 0.2) is 0 Å². The molecule has 1 unspecified atom stereocenters. The van der Waals surface area contributed by atoms with Crippen molar-refractivity contribution in [2.45, 2.75) is 25.1 Å². The minimum absolute atomic E-state index is 0.125. The van der Waals surface area contributed by atoms with E-state index in [0.717, 1.165) is 38.1 Å². The third-order valence-electron chi connectivity index (χ3n) is 2.95. The van der Waals surface area contributed by atoms with Gasteiger partial charge in [-0.05, 0) is 37.6 Å². The van der Waals surface area contributed by atoms with Gasteiger partial charge in [0.05, 0.1) is 16.3 Å². The number of benzene rings is 1. The lowest BCUT2D eigenvalue weighted by Crippen LogP contribution is -2.38. The molecule has 1 aliphatic rings. The van der Waals surface area contributed by atoms with E-state index in [4.69, 9.17) is 11.6 Å². The largest absolute Gasteiger partial charge is 0.416 e. The first-order valence-electron chi connectivity index (χ1n) is 5.81. The zero-order valence-electron chi connectivity index (χ0n) is 9.65. The molecule has 0 saturated carbocycles. The highest BCUT2D eigenvalue weighted by atomic mass is 35.5. The van der Waals surface area contributed by atoms with Crippen molar-refractivity contribution in [3.63, 3.8) is 0 Å². The van der Waals surface area contributed by atoms with Crippen molar-refractivity contribution in [2.24, 2.45) is 0 Å². The highest BCUT2D eigenvalue weighted by Gasteiger charge is 2.31. The molecular formula is C12H14ClF3N2.